The zero-order valence-electron chi connectivity index (χ0n) is 18.8. The number of carbonyl (C=O) groups excluding carboxylic acids is 1. The number of carbonyl (C=O) groups is 1. The van der Waals surface area contributed by atoms with Crippen LogP contribution < -0.4 is 5.32 Å². The number of non-ortho nitro benzene ring substituents is 1. The first-order valence-electron chi connectivity index (χ1n) is 10.5. The summed E-state index contributed by atoms with van der Waals surface area (Å²) in [6.45, 7) is 5.39. The molecule has 174 valence electrons. The van der Waals surface area contributed by atoms with Crippen molar-refractivity contribution in [3.05, 3.63) is 86.9 Å². The average molecular weight is 496 g/mol. The molecule has 3 aromatic carbocycles. The Morgan fingerprint density at radius 3 is 2.50 bits per heavy atom. The Balaban J connectivity index is 1.73. The second-order valence-electron chi connectivity index (χ2n) is 8.75. The topological polar surface area (TPSA) is 94.4 Å². The fraction of sp³-hybridized carbons (Fsp3) is 0.200. The molecule has 0 aliphatic heterocycles. The Kier molecular flexibility index (Phi) is 6.54. The fourth-order valence-electron chi connectivity index (χ4n) is 3.48. The van der Waals surface area contributed by atoms with Gasteiger partial charge in [-0.1, -0.05) is 47.2 Å². The van der Waals surface area contributed by atoms with Gasteiger partial charge in [0.15, 0.2) is 5.13 Å². The summed E-state index contributed by atoms with van der Waals surface area (Å²) >= 11 is 7.60. The molecule has 0 atom stereocenters. The van der Waals surface area contributed by atoms with Gasteiger partial charge in [0.2, 0.25) is 0 Å². The molecule has 0 saturated heterocycles. The molecule has 34 heavy (non-hydrogen) atoms. The molecule has 4 aromatic rings. The molecule has 0 saturated carbocycles. The number of nitrogens with zero attached hydrogens (tertiary/aromatic N) is 2. The Labute approximate surface area is 205 Å². The zero-order chi connectivity index (χ0) is 24.5. The Bertz CT molecular complexity index is 1380. The lowest BCUT2D eigenvalue weighted by Crippen LogP contribution is -2.27. The third kappa shape index (κ3) is 5.70. The van der Waals surface area contributed by atoms with Crippen LogP contribution in [0.25, 0.3) is 21.3 Å². The van der Waals surface area contributed by atoms with Crippen molar-refractivity contribution in [2.24, 2.45) is 0 Å². The quantitative estimate of drug-likeness (QED) is 0.229. The van der Waals surface area contributed by atoms with Crippen molar-refractivity contribution in [1.82, 2.24) is 4.98 Å². The number of anilines is 1. The van der Waals surface area contributed by atoms with E-state index in [2.05, 4.69) is 10.3 Å². The standard InChI is InChI=1S/C25H22ClN3O4S/c1-25(2,3)33-24(30)28-23-27-22-20(17-5-4-6-18(26)14-17)12-16(13-21(22)34-23)11-15-7-9-19(10-8-15)29(31)32/h4-10,12-14H,11H2,1-3H3,(H,27,28,30). The molecule has 1 aromatic heterocycles. The van der Waals surface area contributed by atoms with Crippen molar-refractivity contribution >= 4 is 50.1 Å². The number of hydrogen-bond donors (Lipinski definition) is 1. The molecule has 0 aliphatic carbocycles. The molecule has 9 heteroatoms. The monoisotopic (exact) mass is 495 g/mol. The minimum Gasteiger partial charge on any atom is -0.444 e. The number of nitro benzene ring substituents is 1. The van der Waals surface area contributed by atoms with Gasteiger partial charge in [-0.05, 0) is 68.1 Å². The van der Waals surface area contributed by atoms with E-state index in [9.17, 15) is 14.9 Å². The van der Waals surface area contributed by atoms with Gasteiger partial charge in [0.25, 0.3) is 5.69 Å². The number of halogens is 1. The predicted octanol–water partition coefficient (Wildman–Crippen LogP) is 7.46. The van der Waals surface area contributed by atoms with Crippen molar-refractivity contribution in [3.8, 4) is 11.1 Å². The van der Waals surface area contributed by atoms with E-state index in [0.717, 1.165) is 32.5 Å². The molecule has 0 aliphatic rings. The maximum Gasteiger partial charge on any atom is 0.413 e. The van der Waals surface area contributed by atoms with Crippen LogP contribution in [0.3, 0.4) is 0 Å². The SMILES string of the molecule is CC(C)(C)OC(=O)Nc1nc2c(-c3cccc(Cl)c3)cc(Cc3ccc([N+](=O)[O-])cc3)cc2s1. The lowest BCUT2D eigenvalue weighted by Gasteiger charge is -2.18. The molecule has 0 radical (unpaired) electrons. The van der Waals surface area contributed by atoms with Crippen LogP contribution in [0.2, 0.25) is 5.02 Å². The Morgan fingerprint density at radius 1 is 1.12 bits per heavy atom. The molecular weight excluding hydrogens is 474 g/mol. The van der Waals surface area contributed by atoms with Crippen LogP contribution in [0, 0.1) is 10.1 Å². The van der Waals surface area contributed by atoms with E-state index in [1.54, 1.807) is 39.0 Å². The molecular formula is C25H22ClN3O4S. The first kappa shape index (κ1) is 23.7. The average Bonchev–Trinajstić information content (AvgIpc) is 3.14. The molecule has 1 heterocycles. The van der Waals surface area contributed by atoms with Gasteiger partial charge in [0.05, 0.1) is 15.1 Å². The molecule has 4 rings (SSSR count). The Hall–Kier alpha value is -3.49. The highest BCUT2D eigenvalue weighted by Gasteiger charge is 2.19. The van der Waals surface area contributed by atoms with Crippen LogP contribution in [0.1, 0.15) is 31.9 Å². The maximum atomic E-state index is 12.3. The van der Waals surface area contributed by atoms with Crippen molar-refractivity contribution in [3.63, 3.8) is 0 Å². The number of ether oxygens (including phenoxy) is 1. The van der Waals surface area contributed by atoms with Gasteiger partial charge in [0, 0.05) is 22.7 Å². The number of benzene rings is 3. The first-order chi connectivity index (χ1) is 16.1. The summed E-state index contributed by atoms with van der Waals surface area (Å²) in [6.07, 6.45) is 0.00998. The third-order valence-electron chi connectivity index (χ3n) is 4.85. The van der Waals surface area contributed by atoms with E-state index in [-0.39, 0.29) is 5.69 Å². The normalized spacial score (nSPS) is 11.4. The number of fused-ring (bicyclic) bond motifs is 1. The van der Waals surface area contributed by atoms with E-state index in [1.807, 2.05) is 30.3 Å². The van der Waals surface area contributed by atoms with E-state index in [0.29, 0.717) is 16.6 Å². The van der Waals surface area contributed by atoms with Gasteiger partial charge in [-0.15, -0.1) is 0 Å². The summed E-state index contributed by atoms with van der Waals surface area (Å²) in [7, 11) is 0. The summed E-state index contributed by atoms with van der Waals surface area (Å²) < 4.78 is 6.24. The van der Waals surface area contributed by atoms with Gasteiger partial charge in [0.1, 0.15) is 5.60 Å². The highest BCUT2D eigenvalue weighted by atomic mass is 35.5. The summed E-state index contributed by atoms with van der Waals surface area (Å²) in [5.74, 6) is 0. The number of nitrogens with one attached hydrogen (secondary N) is 1. The first-order valence-corrected chi connectivity index (χ1v) is 11.7. The summed E-state index contributed by atoms with van der Waals surface area (Å²) in [5.41, 5.74) is 3.90. The summed E-state index contributed by atoms with van der Waals surface area (Å²) in [5, 5.41) is 14.7. The Morgan fingerprint density at radius 2 is 1.85 bits per heavy atom. The van der Waals surface area contributed by atoms with E-state index in [4.69, 9.17) is 16.3 Å². The van der Waals surface area contributed by atoms with Crippen LogP contribution in [-0.4, -0.2) is 21.6 Å². The molecule has 7 nitrogen and oxygen atoms in total. The van der Waals surface area contributed by atoms with Crippen molar-refractivity contribution in [1.29, 1.82) is 0 Å². The molecule has 0 bridgehead atoms. The lowest BCUT2D eigenvalue weighted by atomic mass is 9.98. The van der Waals surface area contributed by atoms with E-state index < -0.39 is 16.6 Å². The molecule has 1 N–H and O–H groups in total. The number of amides is 1. The number of thiazole rings is 1. The van der Waals surface area contributed by atoms with Gasteiger partial charge >= 0.3 is 6.09 Å². The third-order valence-corrected chi connectivity index (χ3v) is 6.01. The van der Waals surface area contributed by atoms with E-state index in [1.165, 1.54) is 23.5 Å². The van der Waals surface area contributed by atoms with E-state index >= 15 is 0 Å². The second kappa shape index (κ2) is 9.40. The molecule has 0 unspecified atom stereocenters. The number of hydrogen-bond acceptors (Lipinski definition) is 6. The fourth-order valence-corrected chi connectivity index (χ4v) is 4.61. The summed E-state index contributed by atoms with van der Waals surface area (Å²) in [6, 6.07) is 18.1. The highest BCUT2D eigenvalue weighted by molar-refractivity contribution is 7.22. The van der Waals surface area contributed by atoms with Gasteiger partial charge in [-0.2, -0.15) is 0 Å². The van der Waals surface area contributed by atoms with Crippen molar-refractivity contribution < 1.29 is 14.5 Å². The number of nitro groups is 1. The maximum absolute atomic E-state index is 12.3. The van der Waals surface area contributed by atoms with Crippen LogP contribution in [0.5, 0.6) is 0 Å². The smallest absolute Gasteiger partial charge is 0.413 e. The minimum absolute atomic E-state index is 0.0548. The number of rotatable bonds is 5. The largest absolute Gasteiger partial charge is 0.444 e. The lowest BCUT2D eigenvalue weighted by molar-refractivity contribution is -0.384. The van der Waals surface area contributed by atoms with Crippen LogP contribution in [0.15, 0.2) is 60.7 Å². The second-order valence-corrected chi connectivity index (χ2v) is 10.2. The molecule has 0 spiro atoms. The molecule has 1 amide bonds. The number of aromatic nitrogens is 1. The predicted molar refractivity (Wildman–Crippen MR) is 136 cm³/mol. The highest BCUT2D eigenvalue weighted by Crippen LogP contribution is 2.36. The van der Waals surface area contributed by atoms with Crippen molar-refractivity contribution in [2.75, 3.05) is 5.32 Å². The van der Waals surface area contributed by atoms with Gasteiger partial charge in [-0.25, -0.2) is 9.78 Å². The van der Waals surface area contributed by atoms with Crippen LogP contribution in [0.4, 0.5) is 15.6 Å². The van der Waals surface area contributed by atoms with Crippen molar-refractivity contribution in [2.45, 2.75) is 32.8 Å². The summed E-state index contributed by atoms with van der Waals surface area (Å²) in [4.78, 5) is 27.5. The zero-order valence-corrected chi connectivity index (χ0v) is 20.4. The van der Waals surface area contributed by atoms with Crippen LogP contribution in [-0.2, 0) is 11.2 Å². The van der Waals surface area contributed by atoms with Gasteiger partial charge < -0.3 is 4.74 Å². The van der Waals surface area contributed by atoms with Crippen LogP contribution >= 0.6 is 22.9 Å². The molecule has 0 fully saturated rings. The van der Waals surface area contributed by atoms with Gasteiger partial charge in [-0.3, -0.25) is 15.4 Å². The minimum atomic E-state index is -0.620.